The van der Waals surface area contributed by atoms with Gasteiger partial charge < -0.3 is 10.2 Å². The standard InChI is InChI=1S/C20H32N4O2S/c1-4-8-24(16-20(26)22(2)3)15-19(25)21-18-7-5-6-17(13-18)14-23-9-11-27-12-10-23/h5-7,13H,4,8-12,14-16H2,1-3H3,(H,21,25). The van der Waals surface area contributed by atoms with Crippen molar-refractivity contribution in [1.82, 2.24) is 14.7 Å². The summed E-state index contributed by atoms with van der Waals surface area (Å²) in [6, 6.07) is 8.07. The summed E-state index contributed by atoms with van der Waals surface area (Å²) >= 11 is 2.01. The lowest BCUT2D eigenvalue weighted by Crippen LogP contribution is -2.41. The van der Waals surface area contributed by atoms with Crippen LogP contribution in [0.15, 0.2) is 24.3 Å². The minimum atomic E-state index is -0.0819. The molecule has 1 heterocycles. The molecule has 6 nitrogen and oxygen atoms in total. The van der Waals surface area contributed by atoms with E-state index in [0.29, 0.717) is 0 Å². The van der Waals surface area contributed by atoms with Crippen molar-refractivity contribution in [1.29, 1.82) is 0 Å². The number of carbonyl (C=O) groups is 2. The number of carbonyl (C=O) groups excluding carboxylic acids is 2. The molecule has 1 aromatic rings. The number of thioether (sulfide) groups is 1. The summed E-state index contributed by atoms with van der Waals surface area (Å²) in [5, 5.41) is 2.98. The van der Waals surface area contributed by atoms with Crippen LogP contribution in [0.4, 0.5) is 5.69 Å². The van der Waals surface area contributed by atoms with Gasteiger partial charge in [-0.05, 0) is 30.7 Å². The van der Waals surface area contributed by atoms with Crippen LogP contribution in [0.5, 0.6) is 0 Å². The zero-order chi connectivity index (χ0) is 19.6. The van der Waals surface area contributed by atoms with Crippen molar-refractivity contribution < 1.29 is 9.59 Å². The third-order valence-corrected chi connectivity index (χ3v) is 5.43. The van der Waals surface area contributed by atoms with E-state index < -0.39 is 0 Å². The third kappa shape index (κ3) is 7.91. The van der Waals surface area contributed by atoms with E-state index >= 15 is 0 Å². The fourth-order valence-electron chi connectivity index (χ4n) is 3.03. The molecule has 0 spiro atoms. The Hall–Kier alpha value is -1.57. The first-order valence-electron chi connectivity index (χ1n) is 9.59. The molecule has 0 unspecified atom stereocenters. The molecular weight excluding hydrogens is 360 g/mol. The molecule has 1 N–H and O–H groups in total. The predicted molar refractivity (Wildman–Crippen MR) is 113 cm³/mol. The Labute approximate surface area is 167 Å². The Bertz CT molecular complexity index is 618. The smallest absolute Gasteiger partial charge is 0.238 e. The first kappa shape index (κ1) is 21.7. The minimum Gasteiger partial charge on any atom is -0.348 e. The van der Waals surface area contributed by atoms with E-state index in [-0.39, 0.29) is 24.9 Å². The van der Waals surface area contributed by atoms with Crippen LogP contribution >= 0.6 is 11.8 Å². The molecular formula is C20H32N4O2S. The summed E-state index contributed by atoms with van der Waals surface area (Å²) in [5.74, 6) is 2.31. The molecule has 1 fully saturated rings. The summed E-state index contributed by atoms with van der Waals surface area (Å²) in [4.78, 5) is 30.3. The highest BCUT2D eigenvalue weighted by Crippen LogP contribution is 2.16. The molecule has 7 heteroatoms. The molecule has 1 aliphatic heterocycles. The van der Waals surface area contributed by atoms with E-state index in [1.54, 1.807) is 19.0 Å². The highest BCUT2D eigenvalue weighted by atomic mass is 32.2. The largest absolute Gasteiger partial charge is 0.348 e. The predicted octanol–water partition coefficient (Wildman–Crippen LogP) is 1.97. The fourth-order valence-corrected chi connectivity index (χ4v) is 4.01. The van der Waals surface area contributed by atoms with Crippen LogP contribution in [-0.2, 0) is 16.1 Å². The summed E-state index contributed by atoms with van der Waals surface area (Å²) in [6.07, 6.45) is 0.900. The number of benzene rings is 1. The number of likely N-dealkylation sites (N-methyl/N-ethyl adjacent to an activating group) is 1. The van der Waals surface area contributed by atoms with Crippen LogP contribution in [0.1, 0.15) is 18.9 Å². The summed E-state index contributed by atoms with van der Waals surface area (Å²) in [6.45, 7) is 6.42. The van der Waals surface area contributed by atoms with Gasteiger partial charge in [0.05, 0.1) is 13.1 Å². The monoisotopic (exact) mass is 392 g/mol. The summed E-state index contributed by atoms with van der Waals surface area (Å²) in [5.41, 5.74) is 2.03. The zero-order valence-electron chi connectivity index (χ0n) is 16.7. The molecule has 1 aliphatic rings. The van der Waals surface area contributed by atoms with Crippen LogP contribution in [0.2, 0.25) is 0 Å². The van der Waals surface area contributed by atoms with Crippen LogP contribution in [-0.4, -0.2) is 84.8 Å². The number of rotatable bonds is 9. The van der Waals surface area contributed by atoms with Crippen LogP contribution < -0.4 is 5.32 Å². The van der Waals surface area contributed by atoms with Crippen LogP contribution in [0, 0.1) is 0 Å². The van der Waals surface area contributed by atoms with E-state index in [4.69, 9.17) is 0 Å². The van der Waals surface area contributed by atoms with Gasteiger partial charge in [-0.2, -0.15) is 11.8 Å². The molecule has 2 amide bonds. The minimum absolute atomic E-state index is 0.0120. The molecule has 27 heavy (non-hydrogen) atoms. The Morgan fingerprint density at radius 3 is 2.59 bits per heavy atom. The second-order valence-electron chi connectivity index (χ2n) is 7.14. The number of nitrogens with one attached hydrogen (secondary N) is 1. The Kier molecular flexibility index (Phi) is 9.10. The van der Waals surface area contributed by atoms with E-state index in [1.165, 1.54) is 17.1 Å². The van der Waals surface area contributed by atoms with E-state index in [9.17, 15) is 9.59 Å². The van der Waals surface area contributed by atoms with Gasteiger partial charge in [0.15, 0.2) is 0 Å². The van der Waals surface area contributed by atoms with Crippen LogP contribution in [0.25, 0.3) is 0 Å². The van der Waals surface area contributed by atoms with Crippen molar-refractivity contribution in [3.8, 4) is 0 Å². The number of nitrogens with zero attached hydrogens (tertiary/aromatic N) is 3. The SMILES string of the molecule is CCCN(CC(=O)Nc1cccc(CN2CCSCC2)c1)CC(=O)N(C)C. The van der Waals surface area contributed by atoms with Crippen molar-refractivity contribution in [3.05, 3.63) is 29.8 Å². The molecule has 150 valence electrons. The normalized spacial score (nSPS) is 15.0. The zero-order valence-corrected chi connectivity index (χ0v) is 17.6. The molecule has 0 saturated carbocycles. The molecule has 0 bridgehead atoms. The van der Waals surface area contributed by atoms with E-state index in [1.807, 2.05) is 35.7 Å². The Morgan fingerprint density at radius 2 is 1.93 bits per heavy atom. The molecule has 0 atom stereocenters. The molecule has 1 aromatic carbocycles. The maximum Gasteiger partial charge on any atom is 0.238 e. The van der Waals surface area contributed by atoms with Crippen molar-refractivity contribution in [2.24, 2.45) is 0 Å². The lowest BCUT2D eigenvalue weighted by molar-refractivity contribution is -0.130. The quantitative estimate of drug-likeness (QED) is 0.696. The maximum atomic E-state index is 12.5. The van der Waals surface area contributed by atoms with Crippen LogP contribution in [0.3, 0.4) is 0 Å². The topological polar surface area (TPSA) is 55.9 Å². The number of anilines is 1. The molecule has 0 radical (unpaired) electrons. The second kappa shape index (κ2) is 11.3. The molecule has 2 rings (SSSR count). The van der Waals surface area contributed by atoms with Gasteiger partial charge in [-0.3, -0.25) is 19.4 Å². The average molecular weight is 393 g/mol. The van der Waals surface area contributed by atoms with Crippen molar-refractivity contribution in [2.75, 3.05) is 63.6 Å². The van der Waals surface area contributed by atoms with Gasteiger partial charge in [0, 0.05) is 50.9 Å². The highest BCUT2D eigenvalue weighted by Gasteiger charge is 2.16. The van der Waals surface area contributed by atoms with Gasteiger partial charge in [-0.15, -0.1) is 0 Å². The van der Waals surface area contributed by atoms with Gasteiger partial charge in [0.1, 0.15) is 0 Å². The van der Waals surface area contributed by atoms with E-state index in [2.05, 4.69) is 22.3 Å². The Balaban J connectivity index is 1.89. The lowest BCUT2D eigenvalue weighted by atomic mass is 10.2. The molecule has 0 aromatic heterocycles. The first-order chi connectivity index (χ1) is 13.0. The van der Waals surface area contributed by atoms with Gasteiger partial charge in [0.2, 0.25) is 11.8 Å². The van der Waals surface area contributed by atoms with Crippen molar-refractivity contribution in [2.45, 2.75) is 19.9 Å². The van der Waals surface area contributed by atoms with Crippen molar-refractivity contribution >= 4 is 29.3 Å². The Morgan fingerprint density at radius 1 is 1.19 bits per heavy atom. The van der Waals surface area contributed by atoms with Gasteiger partial charge in [-0.1, -0.05) is 19.1 Å². The van der Waals surface area contributed by atoms with Crippen molar-refractivity contribution in [3.63, 3.8) is 0 Å². The summed E-state index contributed by atoms with van der Waals surface area (Å²) < 4.78 is 0. The number of hydrogen-bond acceptors (Lipinski definition) is 5. The maximum absolute atomic E-state index is 12.5. The fraction of sp³-hybridized carbons (Fsp3) is 0.600. The van der Waals surface area contributed by atoms with E-state index in [0.717, 1.165) is 38.3 Å². The average Bonchev–Trinajstić information content (AvgIpc) is 2.62. The number of amides is 2. The molecule has 0 aliphatic carbocycles. The number of hydrogen-bond donors (Lipinski definition) is 1. The molecule has 1 saturated heterocycles. The summed E-state index contributed by atoms with van der Waals surface area (Å²) in [7, 11) is 3.47. The first-order valence-corrected chi connectivity index (χ1v) is 10.7. The van der Waals surface area contributed by atoms with Gasteiger partial charge in [0.25, 0.3) is 0 Å². The lowest BCUT2D eigenvalue weighted by Gasteiger charge is -2.26. The van der Waals surface area contributed by atoms with Gasteiger partial charge >= 0.3 is 0 Å². The second-order valence-corrected chi connectivity index (χ2v) is 8.36. The van der Waals surface area contributed by atoms with Gasteiger partial charge in [-0.25, -0.2) is 0 Å². The highest BCUT2D eigenvalue weighted by molar-refractivity contribution is 7.99. The third-order valence-electron chi connectivity index (χ3n) is 4.49.